The fourth-order valence-corrected chi connectivity index (χ4v) is 4.17. The number of rotatable bonds is 9. The maximum atomic E-state index is 8.97. The van der Waals surface area contributed by atoms with E-state index in [9.17, 15) is 0 Å². The van der Waals surface area contributed by atoms with Gasteiger partial charge in [-0.05, 0) is 26.3 Å². The zero-order chi connectivity index (χ0) is 21.5. The molecule has 0 spiro atoms. The summed E-state index contributed by atoms with van der Waals surface area (Å²) in [5.74, 6) is 2.47. The number of nitrogens with one attached hydrogen (secondary N) is 2. The lowest BCUT2D eigenvalue weighted by molar-refractivity contribution is 0.276. The average molecular weight is 430 g/mol. The molecule has 4 rings (SSSR count). The molecular formula is C21H35N9O. The highest BCUT2D eigenvalue weighted by Gasteiger charge is 2.19. The second-order valence-corrected chi connectivity index (χ2v) is 8.61. The Labute approximate surface area is 184 Å². The smallest absolute Gasteiger partial charge is 0.226 e. The van der Waals surface area contributed by atoms with Crippen molar-refractivity contribution in [2.45, 2.75) is 57.7 Å². The van der Waals surface area contributed by atoms with E-state index in [1.165, 1.54) is 32.1 Å². The van der Waals surface area contributed by atoms with Crippen LogP contribution >= 0.6 is 0 Å². The third kappa shape index (κ3) is 6.27. The van der Waals surface area contributed by atoms with Crippen molar-refractivity contribution in [3.05, 3.63) is 18.0 Å². The third-order valence-corrected chi connectivity index (χ3v) is 6.06. The summed E-state index contributed by atoms with van der Waals surface area (Å²) >= 11 is 0. The molecule has 3 heterocycles. The Hall–Kier alpha value is -2.46. The first-order valence-electron chi connectivity index (χ1n) is 11.5. The van der Waals surface area contributed by atoms with Crippen LogP contribution in [0.2, 0.25) is 0 Å². The van der Waals surface area contributed by atoms with Gasteiger partial charge in [-0.1, -0.05) is 24.5 Å². The van der Waals surface area contributed by atoms with Gasteiger partial charge in [0.25, 0.3) is 0 Å². The molecular weight excluding hydrogens is 394 g/mol. The number of hydrogen-bond donors (Lipinski definition) is 3. The van der Waals surface area contributed by atoms with Crippen LogP contribution in [-0.4, -0.2) is 80.8 Å². The lowest BCUT2D eigenvalue weighted by Gasteiger charge is -2.33. The normalized spacial score (nSPS) is 18.3. The summed E-state index contributed by atoms with van der Waals surface area (Å²) in [5.41, 5.74) is 0.827. The van der Waals surface area contributed by atoms with Gasteiger partial charge in [0.2, 0.25) is 5.95 Å². The highest BCUT2D eigenvalue weighted by molar-refractivity contribution is 5.54. The molecule has 1 saturated heterocycles. The van der Waals surface area contributed by atoms with Crippen LogP contribution < -0.4 is 15.5 Å². The Kier molecular flexibility index (Phi) is 7.52. The molecule has 1 aliphatic heterocycles. The first-order chi connectivity index (χ1) is 15.2. The van der Waals surface area contributed by atoms with Crippen molar-refractivity contribution in [3.63, 3.8) is 0 Å². The van der Waals surface area contributed by atoms with Crippen LogP contribution in [0.3, 0.4) is 0 Å². The van der Waals surface area contributed by atoms with Crippen molar-refractivity contribution in [2.24, 2.45) is 0 Å². The average Bonchev–Trinajstić information content (AvgIpc) is 3.25. The molecule has 0 amide bonds. The second-order valence-electron chi connectivity index (χ2n) is 8.61. The minimum absolute atomic E-state index is 0.150. The number of aromatic nitrogens is 5. The number of aliphatic hydroxyl groups excluding tert-OH is 1. The van der Waals surface area contributed by atoms with Crippen LogP contribution in [0.25, 0.3) is 0 Å². The van der Waals surface area contributed by atoms with E-state index in [4.69, 9.17) is 15.1 Å². The summed E-state index contributed by atoms with van der Waals surface area (Å²) in [4.78, 5) is 14.2. The zero-order valence-corrected chi connectivity index (χ0v) is 18.5. The number of hydrogen-bond acceptors (Lipinski definition) is 9. The van der Waals surface area contributed by atoms with Gasteiger partial charge >= 0.3 is 0 Å². The molecule has 31 heavy (non-hydrogen) atoms. The maximum absolute atomic E-state index is 8.97. The minimum atomic E-state index is 0.150. The van der Waals surface area contributed by atoms with Crippen LogP contribution in [-0.2, 0) is 13.1 Å². The minimum Gasteiger partial charge on any atom is -0.396 e. The molecule has 10 nitrogen and oxygen atoms in total. The van der Waals surface area contributed by atoms with E-state index in [1.54, 1.807) is 4.68 Å². The lowest BCUT2D eigenvalue weighted by Crippen LogP contribution is -2.44. The van der Waals surface area contributed by atoms with E-state index < -0.39 is 0 Å². The largest absolute Gasteiger partial charge is 0.396 e. The SMILES string of the molecule is CN1CCN(c2cc(NC3CCCCC3)nc(NCc3cn(CCCO)nn3)n2)CC1. The second kappa shape index (κ2) is 10.7. The number of likely N-dealkylation sites (N-methyl/N-ethyl adjacent to an activating group) is 1. The standard InChI is InChI=1S/C21H35N9O/c1-28-9-11-29(12-10-28)20-14-19(23-17-6-3-2-4-7-17)24-21(25-20)22-15-18-16-30(27-26-18)8-5-13-31/h14,16-17,31H,2-13,15H2,1H3,(H2,22,23,24,25). The number of anilines is 3. The van der Waals surface area contributed by atoms with Crippen molar-refractivity contribution in [1.82, 2.24) is 29.9 Å². The molecule has 0 aromatic carbocycles. The Morgan fingerprint density at radius 2 is 1.90 bits per heavy atom. The summed E-state index contributed by atoms with van der Waals surface area (Å²) in [6.45, 7) is 5.33. The molecule has 2 aromatic rings. The molecule has 2 fully saturated rings. The predicted octanol–water partition coefficient (Wildman–Crippen LogP) is 1.56. The number of aryl methyl sites for hydroxylation is 1. The molecule has 10 heteroatoms. The Morgan fingerprint density at radius 3 is 2.68 bits per heavy atom. The molecule has 0 atom stereocenters. The highest BCUT2D eigenvalue weighted by atomic mass is 16.3. The van der Waals surface area contributed by atoms with E-state index in [-0.39, 0.29) is 6.61 Å². The third-order valence-electron chi connectivity index (χ3n) is 6.06. The molecule has 170 valence electrons. The van der Waals surface area contributed by atoms with Crippen molar-refractivity contribution >= 4 is 17.6 Å². The van der Waals surface area contributed by atoms with Crippen molar-refractivity contribution < 1.29 is 5.11 Å². The van der Waals surface area contributed by atoms with Gasteiger partial charge in [0.1, 0.15) is 17.3 Å². The van der Waals surface area contributed by atoms with Crippen molar-refractivity contribution in [3.8, 4) is 0 Å². The van der Waals surface area contributed by atoms with Gasteiger partial charge in [0.05, 0.1) is 12.7 Å². The van der Waals surface area contributed by atoms with Gasteiger partial charge in [0.15, 0.2) is 0 Å². The zero-order valence-electron chi connectivity index (χ0n) is 18.5. The molecule has 1 saturated carbocycles. The quantitative estimate of drug-likeness (QED) is 0.547. The summed E-state index contributed by atoms with van der Waals surface area (Å²) in [6.07, 6.45) is 8.87. The number of aliphatic hydroxyl groups is 1. The molecule has 0 radical (unpaired) electrons. The van der Waals surface area contributed by atoms with Crippen LogP contribution in [0.4, 0.5) is 17.6 Å². The fourth-order valence-electron chi connectivity index (χ4n) is 4.17. The van der Waals surface area contributed by atoms with Gasteiger partial charge in [-0.3, -0.25) is 4.68 Å². The summed E-state index contributed by atoms with van der Waals surface area (Å²) < 4.78 is 1.75. The lowest BCUT2D eigenvalue weighted by atomic mass is 9.95. The van der Waals surface area contributed by atoms with Crippen LogP contribution in [0.5, 0.6) is 0 Å². The number of nitrogens with zero attached hydrogens (tertiary/aromatic N) is 7. The van der Waals surface area contributed by atoms with Gasteiger partial charge in [-0.15, -0.1) is 5.10 Å². The van der Waals surface area contributed by atoms with Gasteiger partial charge in [0, 0.05) is 51.4 Å². The van der Waals surface area contributed by atoms with E-state index in [2.05, 4.69) is 43.9 Å². The fraction of sp³-hybridized carbons (Fsp3) is 0.714. The molecule has 2 aliphatic rings. The van der Waals surface area contributed by atoms with Crippen LogP contribution in [0.15, 0.2) is 12.3 Å². The monoisotopic (exact) mass is 429 g/mol. The van der Waals surface area contributed by atoms with Crippen molar-refractivity contribution in [2.75, 3.05) is 55.4 Å². The topological polar surface area (TPSA) is 107 Å². The number of piperazine rings is 1. The molecule has 0 bridgehead atoms. The van der Waals surface area contributed by atoms with Crippen molar-refractivity contribution in [1.29, 1.82) is 0 Å². The molecule has 2 aromatic heterocycles. The summed E-state index contributed by atoms with van der Waals surface area (Å²) in [5, 5.41) is 24.3. The summed E-state index contributed by atoms with van der Waals surface area (Å²) in [7, 11) is 2.16. The summed E-state index contributed by atoms with van der Waals surface area (Å²) in [6, 6.07) is 2.58. The Bertz CT molecular complexity index is 813. The van der Waals surface area contributed by atoms with Gasteiger partial charge in [-0.25, -0.2) is 0 Å². The molecule has 1 aliphatic carbocycles. The predicted molar refractivity (Wildman–Crippen MR) is 121 cm³/mol. The molecule has 0 unspecified atom stereocenters. The van der Waals surface area contributed by atoms with E-state index in [0.717, 1.165) is 43.5 Å². The molecule has 3 N–H and O–H groups in total. The Morgan fingerprint density at radius 1 is 1.10 bits per heavy atom. The highest BCUT2D eigenvalue weighted by Crippen LogP contribution is 2.24. The van der Waals surface area contributed by atoms with Crippen LogP contribution in [0, 0.1) is 0 Å². The van der Waals surface area contributed by atoms with Gasteiger partial charge < -0.3 is 25.5 Å². The first kappa shape index (κ1) is 21.8. The van der Waals surface area contributed by atoms with Gasteiger partial charge in [-0.2, -0.15) is 9.97 Å². The maximum Gasteiger partial charge on any atom is 0.226 e. The Balaban J connectivity index is 1.46. The van der Waals surface area contributed by atoms with E-state index in [1.807, 2.05) is 6.20 Å². The van der Waals surface area contributed by atoms with E-state index >= 15 is 0 Å². The van der Waals surface area contributed by atoms with Crippen LogP contribution in [0.1, 0.15) is 44.2 Å². The van der Waals surface area contributed by atoms with E-state index in [0.29, 0.717) is 31.5 Å². The first-order valence-corrected chi connectivity index (χ1v) is 11.5.